The number of anilines is 1. The second kappa shape index (κ2) is 3.91. The summed E-state index contributed by atoms with van der Waals surface area (Å²) in [7, 11) is 0. The molecule has 2 fully saturated rings. The van der Waals surface area contributed by atoms with Crippen LogP contribution in [0.15, 0.2) is 4.42 Å². The first-order chi connectivity index (χ1) is 7.74. The molecule has 5 heteroatoms. The van der Waals surface area contributed by atoms with Gasteiger partial charge in [0.15, 0.2) is 0 Å². The van der Waals surface area contributed by atoms with E-state index in [4.69, 9.17) is 16.0 Å². The molecule has 88 valence electrons. The molecule has 0 amide bonds. The molecule has 1 N–H and O–H groups in total. The van der Waals surface area contributed by atoms with Crippen molar-refractivity contribution < 1.29 is 4.42 Å². The Morgan fingerprint density at radius 1 is 1.25 bits per heavy atom. The van der Waals surface area contributed by atoms with E-state index in [1.54, 1.807) is 0 Å². The minimum absolute atomic E-state index is 0.219. The number of alkyl halides is 1. The molecule has 0 aromatic carbocycles. The van der Waals surface area contributed by atoms with E-state index >= 15 is 0 Å². The Morgan fingerprint density at radius 3 is 2.31 bits per heavy atom. The Kier molecular flexibility index (Phi) is 2.54. The number of rotatable bonds is 5. The highest BCUT2D eigenvalue weighted by Gasteiger charge is 2.42. The van der Waals surface area contributed by atoms with Crippen molar-refractivity contribution in [3.05, 3.63) is 5.89 Å². The van der Waals surface area contributed by atoms with E-state index in [9.17, 15) is 0 Å². The van der Waals surface area contributed by atoms with Crippen LogP contribution >= 0.6 is 11.6 Å². The van der Waals surface area contributed by atoms with Crippen LogP contribution in [0.5, 0.6) is 0 Å². The van der Waals surface area contributed by atoms with Gasteiger partial charge in [0.2, 0.25) is 5.89 Å². The molecule has 0 radical (unpaired) electrons. The zero-order valence-corrected chi connectivity index (χ0v) is 10.1. The second-order valence-corrected chi connectivity index (χ2v) is 5.56. The maximum atomic E-state index is 5.88. The standard InChI is InChI=1S/C11H16ClN3O/c1-6(12)10-14-15-11(16-10)13-9(7-2-3-7)8-4-5-8/h6-9H,2-5H2,1H3,(H,13,15). The fourth-order valence-electron chi connectivity index (χ4n) is 2.13. The van der Waals surface area contributed by atoms with Gasteiger partial charge in [0.25, 0.3) is 0 Å². The molecule has 0 bridgehead atoms. The molecule has 2 aliphatic carbocycles. The van der Waals surface area contributed by atoms with Crippen molar-refractivity contribution in [2.24, 2.45) is 11.8 Å². The van der Waals surface area contributed by atoms with Gasteiger partial charge < -0.3 is 9.73 Å². The van der Waals surface area contributed by atoms with Gasteiger partial charge in [-0.3, -0.25) is 0 Å². The summed E-state index contributed by atoms with van der Waals surface area (Å²) in [5.74, 6) is 2.13. The second-order valence-electron chi connectivity index (χ2n) is 4.91. The number of aromatic nitrogens is 2. The topological polar surface area (TPSA) is 51.0 Å². The van der Waals surface area contributed by atoms with Gasteiger partial charge in [0.1, 0.15) is 5.38 Å². The molecule has 0 spiro atoms. The molecule has 1 aromatic heterocycles. The van der Waals surface area contributed by atoms with E-state index < -0.39 is 0 Å². The molecule has 16 heavy (non-hydrogen) atoms. The number of nitrogens with zero attached hydrogens (tertiary/aromatic N) is 2. The van der Waals surface area contributed by atoms with Crippen LogP contribution < -0.4 is 5.32 Å². The van der Waals surface area contributed by atoms with E-state index in [0.29, 0.717) is 17.9 Å². The minimum atomic E-state index is -0.219. The first-order valence-electron chi connectivity index (χ1n) is 5.98. The fourth-order valence-corrected chi connectivity index (χ4v) is 2.22. The van der Waals surface area contributed by atoms with Crippen LogP contribution in [0.2, 0.25) is 0 Å². The van der Waals surface area contributed by atoms with Crippen molar-refractivity contribution in [1.82, 2.24) is 10.2 Å². The Bertz CT molecular complexity index is 359. The third kappa shape index (κ3) is 2.17. The van der Waals surface area contributed by atoms with Crippen molar-refractivity contribution in [2.45, 2.75) is 44.0 Å². The number of nitrogens with one attached hydrogen (secondary N) is 1. The summed E-state index contributed by atoms with van der Waals surface area (Å²) in [4.78, 5) is 0. The molecule has 1 heterocycles. The van der Waals surface area contributed by atoms with Gasteiger partial charge in [-0.2, -0.15) is 0 Å². The van der Waals surface area contributed by atoms with Crippen LogP contribution in [0, 0.1) is 11.8 Å². The Labute approximate surface area is 99.8 Å². The molecular weight excluding hydrogens is 226 g/mol. The average Bonchev–Trinajstić information content (AvgIpc) is 3.15. The lowest BCUT2D eigenvalue weighted by Gasteiger charge is -2.15. The van der Waals surface area contributed by atoms with Gasteiger partial charge in [-0.15, -0.1) is 16.7 Å². The van der Waals surface area contributed by atoms with Crippen LogP contribution in [0.1, 0.15) is 43.9 Å². The van der Waals surface area contributed by atoms with E-state index in [1.165, 1.54) is 25.7 Å². The zero-order chi connectivity index (χ0) is 11.1. The lowest BCUT2D eigenvalue weighted by Crippen LogP contribution is -2.24. The molecular formula is C11H16ClN3O. The summed E-state index contributed by atoms with van der Waals surface area (Å²) < 4.78 is 5.47. The third-order valence-corrected chi connectivity index (χ3v) is 3.52. The third-order valence-electron chi connectivity index (χ3n) is 3.33. The number of hydrogen-bond donors (Lipinski definition) is 1. The molecule has 1 unspecified atom stereocenters. The van der Waals surface area contributed by atoms with Crippen LogP contribution in [0.4, 0.5) is 6.01 Å². The first kappa shape index (κ1) is 10.4. The minimum Gasteiger partial charge on any atom is -0.406 e. The Hall–Kier alpha value is -0.770. The lowest BCUT2D eigenvalue weighted by molar-refractivity contribution is 0.481. The molecule has 1 aromatic rings. The van der Waals surface area contributed by atoms with Gasteiger partial charge in [-0.25, -0.2) is 0 Å². The molecule has 1 atom stereocenters. The van der Waals surface area contributed by atoms with Crippen molar-refractivity contribution in [2.75, 3.05) is 5.32 Å². The highest BCUT2D eigenvalue weighted by Crippen LogP contribution is 2.45. The molecule has 2 saturated carbocycles. The highest BCUT2D eigenvalue weighted by molar-refractivity contribution is 6.20. The summed E-state index contributed by atoms with van der Waals surface area (Å²) in [6.07, 6.45) is 5.34. The largest absolute Gasteiger partial charge is 0.406 e. The zero-order valence-electron chi connectivity index (χ0n) is 9.32. The van der Waals surface area contributed by atoms with Gasteiger partial charge in [-0.05, 0) is 44.4 Å². The predicted molar refractivity (Wildman–Crippen MR) is 61.4 cm³/mol. The van der Waals surface area contributed by atoms with E-state index in [-0.39, 0.29) is 5.38 Å². The molecule has 2 aliphatic rings. The summed E-state index contributed by atoms with van der Waals surface area (Å²) in [6.45, 7) is 1.83. The van der Waals surface area contributed by atoms with E-state index in [2.05, 4.69) is 15.5 Å². The van der Waals surface area contributed by atoms with Gasteiger partial charge in [0.05, 0.1) is 0 Å². The summed E-state index contributed by atoms with van der Waals surface area (Å²) in [5, 5.41) is 11.1. The van der Waals surface area contributed by atoms with Crippen LogP contribution in [0.3, 0.4) is 0 Å². The molecule has 0 saturated heterocycles. The summed E-state index contributed by atoms with van der Waals surface area (Å²) in [5.41, 5.74) is 0. The van der Waals surface area contributed by atoms with E-state index in [1.807, 2.05) is 6.92 Å². The van der Waals surface area contributed by atoms with Crippen molar-refractivity contribution in [1.29, 1.82) is 0 Å². The van der Waals surface area contributed by atoms with E-state index in [0.717, 1.165) is 11.8 Å². The number of hydrogen-bond acceptors (Lipinski definition) is 4. The van der Waals surface area contributed by atoms with Crippen LogP contribution in [0.25, 0.3) is 0 Å². The molecule has 4 nitrogen and oxygen atoms in total. The highest BCUT2D eigenvalue weighted by atomic mass is 35.5. The van der Waals surface area contributed by atoms with Crippen LogP contribution in [-0.4, -0.2) is 16.2 Å². The van der Waals surface area contributed by atoms with Gasteiger partial charge in [-0.1, -0.05) is 5.10 Å². The summed E-state index contributed by atoms with van der Waals surface area (Å²) in [6, 6.07) is 1.07. The van der Waals surface area contributed by atoms with Gasteiger partial charge >= 0.3 is 6.01 Å². The molecule has 0 aliphatic heterocycles. The average molecular weight is 242 g/mol. The van der Waals surface area contributed by atoms with Crippen molar-refractivity contribution in [3.8, 4) is 0 Å². The Morgan fingerprint density at radius 2 is 1.88 bits per heavy atom. The summed E-state index contributed by atoms with van der Waals surface area (Å²) >= 11 is 5.88. The quantitative estimate of drug-likeness (QED) is 0.806. The lowest BCUT2D eigenvalue weighted by atomic mass is 10.1. The van der Waals surface area contributed by atoms with Crippen molar-refractivity contribution in [3.63, 3.8) is 0 Å². The fraction of sp³-hybridized carbons (Fsp3) is 0.818. The maximum absolute atomic E-state index is 5.88. The SMILES string of the molecule is CC(Cl)c1nnc(NC(C2CC2)C2CC2)o1. The maximum Gasteiger partial charge on any atom is 0.315 e. The predicted octanol–water partition coefficient (Wildman–Crippen LogP) is 2.97. The monoisotopic (exact) mass is 241 g/mol. The Balaban J connectivity index is 1.66. The first-order valence-corrected chi connectivity index (χ1v) is 6.41. The normalized spacial score (nSPS) is 22.4. The smallest absolute Gasteiger partial charge is 0.315 e. The van der Waals surface area contributed by atoms with Crippen LogP contribution in [-0.2, 0) is 0 Å². The van der Waals surface area contributed by atoms with Gasteiger partial charge in [0, 0.05) is 6.04 Å². The molecule has 3 rings (SSSR count). The number of halogens is 1. The van der Waals surface area contributed by atoms with Crippen molar-refractivity contribution >= 4 is 17.6 Å².